The van der Waals surface area contributed by atoms with E-state index in [4.69, 9.17) is 4.74 Å². The molecule has 0 fully saturated rings. The molecule has 1 amide bonds. The minimum absolute atomic E-state index is 0.0920. The summed E-state index contributed by atoms with van der Waals surface area (Å²) in [5, 5.41) is 18.5. The van der Waals surface area contributed by atoms with E-state index < -0.39 is 16.8 Å². The topological polar surface area (TPSA) is 116 Å². The maximum atomic E-state index is 12.6. The van der Waals surface area contributed by atoms with Gasteiger partial charge in [0, 0.05) is 4.88 Å². The second-order valence-corrected chi connectivity index (χ2v) is 8.36. The number of fused-ring (bicyclic) bond motifs is 1. The Kier molecular flexibility index (Phi) is 6.02. The SMILES string of the molecule is CCOC(=O)c1c(NC(=O)Cn2nc(C)c([N+](=O)[O-])c2C)sc2c1CC[C@H](C)C2. The van der Waals surface area contributed by atoms with E-state index in [9.17, 15) is 19.7 Å². The van der Waals surface area contributed by atoms with Gasteiger partial charge in [-0.2, -0.15) is 5.10 Å². The molecule has 0 aromatic carbocycles. The average molecular weight is 420 g/mol. The van der Waals surface area contributed by atoms with Crippen LogP contribution < -0.4 is 5.32 Å². The summed E-state index contributed by atoms with van der Waals surface area (Å²) in [7, 11) is 0. The molecule has 1 atom stereocenters. The minimum atomic E-state index is -0.501. The van der Waals surface area contributed by atoms with Gasteiger partial charge in [0.25, 0.3) is 0 Å². The van der Waals surface area contributed by atoms with E-state index in [-0.39, 0.29) is 24.5 Å². The summed E-state index contributed by atoms with van der Waals surface area (Å²) in [5.74, 6) is -0.311. The second kappa shape index (κ2) is 8.32. The molecule has 0 saturated carbocycles. The third kappa shape index (κ3) is 4.16. The van der Waals surface area contributed by atoms with Gasteiger partial charge in [-0.3, -0.25) is 19.6 Å². The summed E-state index contributed by atoms with van der Waals surface area (Å²) < 4.78 is 6.52. The number of amides is 1. The molecule has 156 valence electrons. The highest BCUT2D eigenvalue weighted by Crippen LogP contribution is 2.40. The van der Waals surface area contributed by atoms with Crippen LogP contribution in [0.1, 0.15) is 52.5 Å². The van der Waals surface area contributed by atoms with Crippen molar-refractivity contribution in [3.05, 3.63) is 37.5 Å². The number of aryl methyl sites for hydroxylation is 1. The fourth-order valence-corrected chi connectivity index (χ4v) is 5.08. The number of aromatic nitrogens is 2. The van der Waals surface area contributed by atoms with Crippen LogP contribution in [0.4, 0.5) is 10.7 Å². The highest BCUT2D eigenvalue weighted by Gasteiger charge is 2.29. The van der Waals surface area contributed by atoms with Gasteiger partial charge in [-0.15, -0.1) is 11.3 Å². The van der Waals surface area contributed by atoms with Gasteiger partial charge < -0.3 is 10.1 Å². The molecule has 1 N–H and O–H groups in total. The lowest BCUT2D eigenvalue weighted by molar-refractivity contribution is -0.386. The van der Waals surface area contributed by atoms with E-state index >= 15 is 0 Å². The van der Waals surface area contributed by atoms with Gasteiger partial charge in [-0.25, -0.2) is 4.79 Å². The van der Waals surface area contributed by atoms with Gasteiger partial charge in [-0.05, 0) is 51.5 Å². The van der Waals surface area contributed by atoms with E-state index in [0.29, 0.717) is 22.2 Å². The van der Waals surface area contributed by atoms with Crippen molar-refractivity contribution in [2.24, 2.45) is 5.92 Å². The normalized spacial score (nSPS) is 15.7. The van der Waals surface area contributed by atoms with Crippen LogP contribution in [-0.4, -0.2) is 33.2 Å². The van der Waals surface area contributed by atoms with Crippen LogP contribution in [0.5, 0.6) is 0 Å². The van der Waals surface area contributed by atoms with Crippen molar-refractivity contribution in [1.82, 2.24) is 9.78 Å². The van der Waals surface area contributed by atoms with Gasteiger partial charge in [0.15, 0.2) is 0 Å². The molecular formula is C19H24N4O5S. The van der Waals surface area contributed by atoms with E-state index in [1.807, 2.05) is 0 Å². The van der Waals surface area contributed by atoms with E-state index in [1.54, 1.807) is 13.8 Å². The maximum Gasteiger partial charge on any atom is 0.341 e. The first-order chi connectivity index (χ1) is 13.7. The molecule has 1 aliphatic rings. The molecule has 2 aromatic rings. The Morgan fingerprint density at radius 1 is 1.41 bits per heavy atom. The monoisotopic (exact) mass is 420 g/mol. The quantitative estimate of drug-likeness (QED) is 0.435. The number of ether oxygens (including phenoxy) is 1. The number of anilines is 1. The number of thiophene rings is 1. The smallest absolute Gasteiger partial charge is 0.341 e. The number of carbonyl (C=O) groups is 2. The Bertz CT molecular complexity index is 978. The first-order valence-electron chi connectivity index (χ1n) is 9.52. The summed E-state index contributed by atoms with van der Waals surface area (Å²) in [6, 6.07) is 0. The summed E-state index contributed by atoms with van der Waals surface area (Å²) in [6.45, 7) is 7.07. The molecule has 0 unspecified atom stereocenters. The summed E-state index contributed by atoms with van der Waals surface area (Å²) >= 11 is 1.41. The van der Waals surface area contributed by atoms with E-state index in [1.165, 1.54) is 22.9 Å². The zero-order valence-electron chi connectivity index (χ0n) is 16.9. The third-order valence-electron chi connectivity index (χ3n) is 5.06. The van der Waals surface area contributed by atoms with Crippen LogP contribution in [0.2, 0.25) is 0 Å². The van der Waals surface area contributed by atoms with Crippen molar-refractivity contribution in [3.8, 4) is 0 Å². The molecular weight excluding hydrogens is 396 g/mol. The predicted molar refractivity (Wildman–Crippen MR) is 108 cm³/mol. The number of nitro groups is 1. The summed E-state index contributed by atoms with van der Waals surface area (Å²) in [6.07, 6.45) is 2.63. The zero-order chi connectivity index (χ0) is 21.3. The van der Waals surface area contributed by atoms with Crippen molar-refractivity contribution in [2.45, 2.75) is 53.5 Å². The van der Waals surface area contributed by atoms with Crippen molar-refractivity contribution in [2.75, 3.05) is 11.9 Å². The van der Waals surface area contributed by atoms with Crippen molar-refractivity contribution < 1.29 is 19.2 Å². The molecule has 9 nitrogen and oxygen atoms in total. The molecule has 1 aliphatic carbocycles. The van der Waals surface area contributed by atoms with Crippen LogP contribution in [-0.2, 0) is 28.9 Å². The maximum absolute atomic E-state index is 12.6. The number of rotatable bonds is 6. The molecule has 29 heavy (non-hydrogen) atoms. The Morgan fingerprint density at radius 3 is 2.76 bits per heavy atom. The first-order valence-corrected chi connectivity index (χ1v) is 10.3. The van der Waals surface area contributed by atoms with Gasteiger partial charge in [-0.1, -0.05) is 6.92 Å². The number of hydrogen-bond acceptors (Lipinski definition) is 7. The number of nitrogens with zero attached hydrogens (tertiary/aromatic N) is 3. The molecule has 0 radical (unpaired) electrons. The Labute approximate surface area is 172 Å². The lowest BCUT2D eigenvalue weighted by atomic mass is 9.88. The molecule has 2 heterocycles. The van der Waals surface area contributed by atoms with Crippen LogP contribution in [0.25, 0.3) is 0 Å². The van der Waals surface area contributed by atoms with Gasteiger partial charge in [0.05, 0.1) is 17.1 Å². The summed E-state index contributed by atoms with van der Waals surface area (Å²) in [4.78, 5) is 36.9. The molecule has 0 aliphatic heterocycles. The average Bonchev–Trinajstić information content (AvgIpc) is 3.10. The number of nitrogens with one attached hydrogen (secondary N) is 1. The first kappa shape index (κ1) is 21.0. The van der Waals surface area contributed by atoms with Crippen molar-refractivity contribution >= 4 is 33.9 Å². The summed E-state index contributed by atoms with van der Waals surface area (Å²) in [5.41, 5.74) is 1.88. The van der Waals surface area contributed by atoms with Gasteiger partial charge in [0.1, 0.15) is 22.9 Å². The largest absolute Gasteiger partial charge is 0.462 e. The van der Waals surface area contributed by atoms with Crippen molar-refractivity contribution in [3.63, 3.8) is 0 Å². The lowest BCUT2D eigenvalue weighted by Crippen LogP contribution is -2.21. The highest BCUT2D eigenvalue weighted by molar-refractivity contribution is 7.17. The Morgan fingerprint density at radius 2 is 2.14 bits per heavy atom. The van der Waals surface area contributed by atoms with E-state index in [0.717, 1.165) is 29.7 Å². The molecule has 0 saturated heterocycles. The van der Waals surface area contributed by atoms with Crippen LogP contribution in [0, 0.1) is 29.9 Å². The predicted octanol–water partition coefficient (Wildman–Crippen LogP) is 3.41. The molecule has 0 spiro atoms. The van der Waals surface area contributed by atoms with Crippen LogP contribution in [0.3, 0.4) is 0 Å². The minimum Gasteiger partial charge on any atom is -0.462 e. The van der Waals surface area contributed by atoms with Crippen molar-refractivity contribution in [1.29, 1.82) is 0 Å². The standard InChI is InChI=1S/C19H24N4O5S/c1-5-28-19(25)16-13-7-6-10(2)8-14(13)29-18(16)20-15(24)9-22-12(4)17(23(26)27)11(3)21-22/h10H,5-9H2,1-4H3,(H,20,24)/t10-/m0/s1. The third-order valence-corrected chi connectivity index (χ3v) is 6.23. The van der Waals surface area contributed by atoms with Crippen LogP contribution >= 0.6 is 11.3 Å². The number of carbonyl (C=O) groups excluding carboxylic acids is 2. The molecule has 10 heteroatoms. The Balaban J connectivity index is 1.86. The fourth-order valence-electron chi connectivity index (χ4n) is 3.67. The molecule has 3 rings (SSSR count). The van der Waals surface area contributed by atoms with Gasteiger partial charge in [0.2, 0.25) is 5.91 Å². The molecule has 2 aromatic heterocycles. The number of hydrogen-bond donors (Lipinski definition) is 1. The fraction of sp³-hybridized carbons (Fsp3) is 0.526. The zero-order valence-corrected chi connectivity index (χ0v) is 17.7. The second-order valence-electron chi connectivity index (χ2n) is 7.26. The van der Waals surface area contributed by atoms with Gasteiger partial charge >= 0.3 is 11.7 Å². The van der Waals surface area contributed by atoms with E-state index in [2.05, 4.69) is 17.3 Å². The highest BCUT2D eigenvalue weighted by atomic mass is 32.1. The molecule has 0 bridgehead atoms. The lowest BCUT2D eigenvalue weighted by Gasteiger charge is -2.18. The number of esters is 1. The van der Waals surface area contributed by atoms with Crippen LogP contribution in [0.15, 0.2) is 0 Å². The Hall–Kier alpha value is -2.75.